The predicted molar refractivity (Wildman–Crippen MR) is 62.3 cm³/mol. The van der Waals surface area contributed by atoms with Crippen molar-refractivity contribution in [2.75, 3.05) is 0 Å². The first-order valence-corrected chi connectivity index (χ1v) is 5.50. The first kappa shape index (κ1) is 13.4. The van der Waals surface area contributed by atoms with Gasteiger partial charge in [0.05, 0.1) is 5.69 Å². The summed E-state index contributed by atoms with van der Waals surface area (Å²) < 4.78 is 40.4. The van der Waals surface area contributed by atoms with Crippen LogP contribution in [0.15, 0.2) is 21.7 Å². The molecule has 16 heavy (non-hydrogen) atoms. The van der Waals surface area contributed by atoms with E-state index < -0.39 is 12.1 Å². The Morgan fingerprint density at radius 2 is 2.06 bits per heavy atom. The molecule has 0 spiro atoms. The Morgan fingerprint density at radius 3 is 2.56 bits per heavy atom. The maximum Gasteiger partial charge on any atom is 0.573 e. The molecule has 0 heterocycles. The normalized spacial score (nSPS) is 10.8. The standard InChI is InChI=1S/C7H2BrF3IN3O/c8-4-1-3(16-7(9,10)11)2-5(6(4)12)14-15-13/h1-2H. The monoisotopic (exact) mass is 407 g/mol. The third kappa shape index (κ3) is 3.72. The van der Waals surface area contributed by atoms with Crippen molar-refractivity contribution in [1.29, 1.82) is 0 Å². The molecule has 9 heteroatoms. The molecule has 0 fully saturated rings. The molecule has 0 saturated carbocycles. The number of azide groups is 1. The second-order valence-corrected chi connectivity index (χ2v) is 4.41. The molecule has 1 aromatic carbocycles. The van der Waals surface area contributed by atoms with Crippen molar-refractivity contribution < 1.29 is 17.9 Å². The lowest BCUT2D eigenvalue weighted by Crippen LogP contribution is -2.17. The first-order valence-electron chi connectivity index (χ1n) is 3.63. The molecule has 0 aliphatic carbocycles. The SMILES string of the molecule is [N-]=[N+]=Nc1cc(OC(F)(F)F)cc(Br)c1I. The van der Waals surface area contributed by atoms with Crippen LogP contribution in [0.1, 0.15) is 0 Å². The zero-order chi connectivity index (χ0) is 12.3. The van der Waals surface area contributed by atoms with E-state index in [2.05, 4.69) is 30.7 Å². The molecule has 0 amide bonds. The van der Waals surface area contributed by atoms with Gasteiger partial charge in [0.1, 0.15) is 5.75 Å². The average Bonchev–Trinajstić information content (AvgIpc) is 2.11. The van der Waals surface area contributed by atoms with Crippen molar-refractivity contribution in [1.82, 2.24) is 0 Å². The van der Waals surface area contributed by atoms with E-state index >= 15 is 0 Å². The molecule has 0 N–H and O–H groups in total. The van der Waals surface area contributed by atoms with Crippen molar-refractivity contribution in [2.45, 2.75) is 6.36 Å². The zero-order valence-corrected chi connectivity index (χ0v) is 11.0. The van der Waals surface area contributed by atoms with Gasteiger partial charge in [0.2, 0.25) is 0 Å². The summed E-state index contributed by atoms with van der Waals surface area (Å²) in [4.78, 5) is 2.51. The number of halogens is 5. The largest absolute Gasteiger partial charge is 0.573 e. The van der Waals surface area contributed by atoms with Crippen LogP contribution in [0.2, 0.25) is 0 Å². The summed E-state index contributed by atoms with van der Waals surface area (Å²) in [7, 11) is 0. The first-order chi connectivity index (χ1) is 7.33. The molecule has 0 aliphatic rings. The van der Waals surface area contributed by atoms with Crippen molar-refractivity contribution in [3.05, 3.63) is 30.6 Å². The van der Waals surface area contributed by atoms with Crippen LogP contribution in [-0.2, 0) is 0 Å². The maximum atomic E-state index is 11.9. The molecule has 0 unspecified atom stereocenters. The highest BCUT2D eigenvalue weighted by Crippen LogP contribution is 2.35. The van der Waals surface area contributed by atoms with E-state index in [0.29, 0.717) is 8.04 Å². The maximum absolute atomic E-state index is 11.9. The van der Waals surface area contributed by atoms with Gasteiger partial charge in [-0.15, -0.1) is 13.2 Å². The number of hydrogen-bond donors (Lipinski definition) is 0. The highest BCUT2D eigenvalue weighted by atomic mass is 127. The van der Waals surface area contributed by atoms with Crippen molar-refractivity contribution >= 4 is 44.2 Å². The number of alkyl halides is 3. The number of benzene rings is 1. The highest BCUT2D eigenvalue weighted by Gasteiger charge is 2.31. The van der Waals surface area contributed by atoms with Gasteiger partial charge < -0.3 is 4.74 Å². The summed E-state index contributed by atoms with van der Waals surface area (Å²) >= 11 is 4.87. The second kappa shape index (κ2) is 5.11. The topological polar surface area (TPSA) is 58.0 Å². The number of rotatable bonds is 2. The van der Waals surface area contributed by atoms with Gasteiger partial charge in [-0.1, -0.05) is 5.11 Å². The molecule has 4 nitrogen and oxygen atoms in total. The molecule has 0 aromatic heterocycles. The van der Waals surface area contributed by atoms with Crippen LogP contribution in [0.4, 0.5) is 18.9 Å². The molecule has 1 rings (SSSR count). The lowest BCUT2D eigenvalue weighted by atomic mass is 10.3. The molecule has 0 aliphatic heterocycles. The molecule has 0 bridgehead atoms. The Bertz CT molecular complexity index is 459. The fraction of sp³-hybridized carbons (Fsp3) is 0.143. The Balaban J connectivity index is 3.19. The van der Waals surface area contributed by atoms with Crippen molar-refractivity contribution in [3.63, 3.8) is 0 Å². The molecule has 0 saturated heterocycles. The van der Waals surface area contributed by atoms with Crippen molar-refractivity contribution in [2.24, 2.45) is 5.11 Å². The third-order valence-electron chi connectivity index (χ3n) is 1.37. The van der Waals surface area contributed by atoms with E-state index in [9.17, 15) is 13.2 Å². The third-order valence-corrected chi connectivity index (χ3v) is 3.87. The minimum atomic E-state index is -4.78. The van der Waals surface area contributed by atoms with E-state index in [1.54, 1.807) is 0 Å². The number of hydrogen-bond acceptors (Lipinski definition) is 2. The smallest absolute Gasteiger partial charge is 0.406 e. The number of nitrogens with zero attached hydrogens (tertiary/aromatic N) is 3. The van der Waals surface area contributed by atoms with E-state index in [0.717, 1.165) is 12.1 Å². The average molecular weight is 408 g/mol. The predicted octanol–water partition coefficient (Wildman–Crippen LogP) is 4.89. The molecule has 0 atom stereocenters. The summed E-state index contributed by atoms with van der Waals surface area (Å²) in [6.45, 7) is 0. The van der Waals surface area contributed by atoms with Crippen LogP contribution in [0.3, 0.4) is 0 Å². The summed E-state index contributed by atoms with van der Waals surface area (Å²) in [6.07, 6.45) is -4.78. The van der Waals surface area contributed by atoms with Gasteiger partial charge in [-0.25, -0.2) is 0 Å². The zero-order valence-electron chi connectivity index (χ0n) is 7.29. The lowest BCUT2D eigenvalue weighted by Gasteiger charge is -2.10. The van der Waals surface area contributed by atoms with Gasteiger partial charge in [0.15, 0.2) is 0 Å². The number of ether oxygens (including phenoxy) is 1. The Kier molecular flexibility index (Phi) is 4.28. The molecule has 1 aromatic rings. The van der Waals surface area contributed by atoms with Crippen LogP contribution >= 0.6 is 38.5 Å². The highest BCUT2D eigenvalue weighted by molar-refractivity contribution is 14.1. The van der Waals surface area contributed by atoms with Gasteiger partial charge in [-0.05, 0) is 56.2 Å². The lowest BCUT2D eigenvalue weighted by molar-refractivity contribution is -0.274. The Hall–Kier alpha value is -0.670. The summed E-state index contributed by atoms with van der Waals surface area (Å²) in [5, 5.41) is 3.25. The van der Waals surface area contributed by atoms with E-state index in [-0.39, 0.29) is 5.69 Å². The minimum absolute atomic E-state index is 0.0664. The van der Waals surface area contributed by atoms with Crippen molar-refractivity contribution in [3.8, 4) is 5.75 Å². The van der Waals surface area contributed by atoms with Crippen LogP contribution in [0.5, 0.6) is 5.75 Å². The summed E-state index contributed by atoms with van der Waals surface area (Å²) in [6, 6.07) is 2.16. The van der Waals surface area contributed by atoms with Gasteiger partial charge in [0, 0.05) is 13.0 Å². The van der Waals surface area contributed by atoms with Crippen LogP contribution in [-0.4, -0.2) is 6.36 Å². The van der Waals surface area contributed by atoms with Gasteiger partial charge in [-0.3, -0.25) is 0 Å². The Labute approximate surface area is 110 Å². The molecule has 86 valence electrons. The molecular formula is C7H2BrF3IN3O. The second-order valence-electron chi connectivity index (χ2n) is 2.48. The van der Waals surface area contributed by atoms with Gasteiger partial charge >= 0.3 is 6.36 Å². The van der Waals surface area contributed by atoms with Crippen LogP contribution in [0.25, 0.3) is 10.4 Å². The summed E-state index contributed by atoms with van der Waals surface area (Å²) in [5.74, 6) is -0.442. The summed E-state index contributed by atoms with van der Waals surface area (Å²) in [5.41, 5.74) is 8.30. The van der Waals surface area contributed by atoms with Crippen LogP contribution in [0, 0.1) is 3.57 Å². The minimum Gasteiger partial charge on any atom is -0.406 e. The molecular weight excluding hydrogens is 406 g/mol. The Morgan fingerprint density at radius 1 is 1.44 bits per heavy atom. The van der Waals surface area contributed by atoms with Gasteiger partial charge in [0.25, 0.3) is 0 Å². The van der Waals surface area contributed by atoms with E-state index in [4.69, 9.17) is 5.53 Å². The quantitative estimate of drug-likeness (QED) is 0.298. The fourth-order valence-corrected chi connectivity index (χ4v) is 1.71. The van der Waals surface area contributed by atoms with Crippen LogP contribution < -0.4 is 4.74 Å². The molecule has 0 radical (unpaired) electrons. The van der Waals surface area contributed by atoms with E-state index in [1.165, 1.54) is 0 Å². The van der Waals surface area contributed by atoms with Gasteiger partial charge in [-0.2, -0.15) is 0 Å². The van der Waals surface area contributed by atoms with E-state index in [1.807, 2.05) is 22.6 Å². The fourth-order valence-electron chi connectivity index (χ4n) is 0.864.